The molecule has 68 valence electrons. The van der Waals surface area contributed by atoms with E-state index in [0.29, 0.717) is 0 Å². The van der Waals surface area contributed by atoms with Gasteiger partial charge in [-0.2, -0.15) is 17.8 Å². The van der Waals surface area contributed by atoms with Crippen LogP contribution in [-0.4, -0.2) is 0 Å². The summed E-state index contributed by atoms with van der Waals surface area (Å²) in [4.78, 5) is 0. The Balaban J connectivity index is 0.000000602. The molecule has 1 heteroatoms. The Morgan fingerprint density at radius 3 is 1.93 bits per heavy atom. The number of hydrogen-bond acceptors (Lipinski definition) is 0. The number of benzene rings is 1. The Morgan fingerprint density at radius 2 is 1.40 bits per heavy atom. The molecule has 0 radical (unpaired) electrons. The summed E-state index contributed by atoms with van der Waals surface area (Å²) in [6, 6.07) is 11.4. The zero-order chi connectivity index (χ0) is 8.65. The first kappa shape index (κ1) is 7.99. The van der Waals surface area contributed by atoms with Gasteiger partial charge in [-0.05, 0) is 11.0 Å². The summed E-state index contributed by atoms with van der Waals surface area (Å²) in [5, 5.41) is 0. The average molecular weight is 186 g/mol. The van der Waals surface area contributed by atoms with Gasteiger partial charge in [-0.1, -0.05) is 48.1 Å². The zero-order valence-corrected chi connectivity index (χ0v) is 8.85. The van der Waals surface area contributed by atoms with Crippen molar-refractivity contribution in [1.82, 2.24) is 0 Å². The summed E-state index contributed by atoms with van der Waals surface area (Å²) < 4.78 is 0. The second-order valence-electron chi connectivity index (χ2n) is 5.95. The van der Waals surface area contributed by atoms with E-state index in [2.05, 4.69) is 30.3 Å². The van der Waals surface area contributed by atoms with Gasteiger partial charge in [0, 0.05) is 0 Å². The van der Waals surface area contributed by atoms with Gasteiger partial charge in [-0.25, -0.2) is 0 Å². The van der Waals surface area contributed by atoms with Crippen molar-refractivity contribution in [3.63, 3.8) is 0 Å². The molecule has 0 nitrogen and oxygen atoms in total. The molecule has 7 rings (SSSR count). The van der Waals surface area contributed by atoms with Crippen LogP contribution >= 0.6 is 0 Å². The Hall–Kier alpha value is -0.183. The van der Waals surface area contributed by atoms with Crippen LogP contribution < -0.4 is 18.9 Å². The van der Waals surface area contributed by atoms with Crippen LogP contribution in [0, 0.1) is 41.4 Å². The van der Waals surface area contributed by atoms with E-state index in [1.165, 1.54) is 0 Å². The van der Waals surface area contributed by atoms with Gasteiger partial charge < -0.3 is 5.92 Å². The average Bonchev–Trinajstić information content (AvgIpc) is 2.30. The van der Waals surface area contributed by atoms with Crippen molar-refractivity contribution in [3.8, 4) is 0 Å². The molecule has 0 spiro atoms. The predicted octanol–water partition coefficient (Wildman–Crippen LogP) is -0.732. The molecule has 0 atom stereocenters. The van der Waals surface area contributed by atoms with Crippen LogP contribution in [0.2, 0.25) is 0 Å². The van der Waals surface area contributed by atoms with Crippen LogP contribution in [0.5, 0.6) is 0 Å². The van der Waals surface area contributed by atoms with E-state index in [9.17, 15) is 0 Å². The molecule has 0 aromatic heterocycles. The Bertz CT molecular complexity index is 427. The van der Waals surface area contributed by atoms with Crippen molar-refractivity contribution < 1.29 is 18.9 Å². The summed E-state index contributed by atoms with van der Waals surface area (Å²) in [6.07, 6.45) is 0. The molecule has 0 aliphatic heterocycles. The first-order chi connectivity index (χ1) is 6.97. The zero-order valence-electron chi connectivity index (χ0n) is 8.85. The van der Waals surface area contributed by atoms with Gasteiger partial charge in [0.2, 0.25) is 0 Å². The van der Waals surface area contributed by atoms with Gasteiger partial charge in [0.1, 0.15) is 0 Å². The SMILES string of the molecule is [Li+].c1ccc(C23C4C5[C-]6C4C2C6C53)cc1. The van der Waals surface area contributed by atoms with E-state index in [-0.39, 0.29) is 18.9 Å². The first-order valence-electron chi connectivity index (χ1n) is 5.89. The van der Waals surface area contributed by atoms with Crippen LogP contribution in [0.1, 0.15) is 5.56 Å². The second-order valence-corrected chi connectivity index (χ2v) is 5.95. The van der Waals surface area contributed by atoms with Crippen molar-refractivity contribution in [2.24, 2.45) is 35.5 Å². The summed E-state index contributed by atoms with van der Waals surface area (Å²) in [5.74, 6) is 8.79. The molecule has 6 fully saturated rings. The van der Waals surface area contributed by atoms with Gasteiger partial charge in [0.05, 0.1) is 0 Å². The van der Waals surface area contributed by atoms with Crippen molar-refractivity contribution in [2.45, 2.75) is 5.41 Å². The first-order valence-corrected chi connectivity index (χ1v) is 5.89. The maximum Gasteiger partial charge on any atom is 1.00 e. The van der Waals surface area contributed by atoms with Crippen LogP contribution in [-0.2, 0) is 5.41 Å². The molecule has 0 unspecified atom stereocenters. The van der Waals surface area contributed by atoms with Crippen molar-refractivity contribution >= 4 is 0 Å². The minimum absolute atomic E-state index is 0. The molecule has 1 aromatic carbocycles. The number of rotatable bonds is 1. The van der Waals surface area contributed by atoms with E-state index in [1.807, 2.05) is 5.92 Å². The largest absolute Gasteiger partial charge is 1.00 e. The van der Waals surface area contributed by atoms with Crippen LogP contribution in [0.4, 0.5) is 0 Å². The molecule has 6 aliphatic carbocycles. The van der Waals surface area contributed by atoms with Crippen molar-refractivity contribution in [1.29, 1.82) is 0 Å². The number of hydrogen-bond donors (Lipinski definition) is 0. The minimum atomic E-state index is 0. The Kier molecular flexibility index (Phi) is 0.997. The molecule has 0 bridgehead atoms. The van der Waals surface area contributed by atoms with Crippen molar-refractivity contribution in [3.05, 3.63) is 41.8 Å². The fourth-order valence-electron chi connectivity index (χ4n) is 6.29. The third kappa shape index (κ3) is 0.420. The summed E-state index contributed by atoms with van der Waals surface area (Å²) in [5.41, 5.74) is 2.42. The quantitative estimate of drug-likeness (QED) is 0.400. The Labute approximate surface area is 102 Å². The summed E-state index contributed by atoms with van der Waals surface area (Å²) in [6.45, 7) is 0. The molecule has 1 aromatic rings. The standard InChI is InChI=1S/C14H11.Li/c1-2-4-6(5-3-1)14-11-8-7-9(11)13(14)10(7)12(8)14;/h1-5,8-13H;/q-1;+1. The van der Waals surface area contributed by atoms with Gasteiger partial charge in [0.25, 0.3) is 0 Å². The van der Waals surface area contributed by atoms with E-state index in [0.717, 1.165) is 40.9 Å². The fraction of sp³-hybridized carbons (Fsp3) is 0.500. The maximum absolute atomic E-state index is 2.38. The summed E-state index contributed by atoms with van der Waals surface area (Å²) >= 11 is 0. The molecule has 6 saturated carbocycles. The van der Waals surface area contributed by atoms with E-state index < -0.39 is 0 Å². The second kappa shape index (κ2) is 1.87. The minimum Gasteiger partial charge on any atom is -0.303 e. The van der Waals surface area contributed by atoms with E-state index in [1.54, 1.807) is 5.56 Å². The van der Waals surface area contributed by atoms with E-state index >= 15 is 0 Å². The van der Waals surface area contributed by atoms with Gasteiger partial charge >= 0.3 is 18.9 Å². The van der Waals surface area contributed by atoms with Crippen molar-refractivity contribution in [2.75, 3.05) is 0 Å². The Morgan fingerprint density at radius 1 is 0.867 bits per heavy atom. The molecule has 6 aliphatic rings. The molecular formula is C14H11Li. The molecule has 0 N–H and O–H groups in total. The van der Waals surface area contributed by atoms with Gasteiger partial charge in [-0.3, -0.25) is 0 Å². The molecule has 0 amide bonds. The van der Waals surface area contributed by atoms with Gasteiger partial charge in [-0.15, -0.1) is 0 Å². The third-order valence-electron chi connectivity index (χ3n) is 6.40. The fourth-order valence-corrected chi connectivity index (χ4v) is 6.29. The molecule has 15 heavy (non-hydrogen) atoms. The molecule has 0 heterocycles. The summed E-state index contributed by atoms with van der Waals surface area (Å²) in [7, 11) is 0. The van der Waals surface area contributed by atoms with Crippen LogP contribution in [0.25, 0.3) is 0 Å². The van der Waals surface area contributed by atoms with Crippen LogP contribution in [0.3, 0.4) is 0 Å². The molecular weight excluding hydrogens is 175 g/mol. The topological polar surface area (TPSA) is 0 Å². The van der Waals surface area contributed by atoms with Crippen LogP contribution in [0.15, 0.2) is 30.3 Å². The van der Waals surface area contributed by atoms with Gasteiger partial charge in [0.15, 0.2) is 0 Å². The molecule has 0 saturated heterocycles. The monoisotopic (exact) mass is 186 g/mol. The smallest absolute Gasteiger partial charge is 0.303 e. The van der Waals surface area contributed by atoms with E-state index in [4.69, 9.17) is 0 Å². The maximum atomic E-state index is 2.38. The normalized spacial score (nSPS) is 63.5. The third-order valence-corrected chi connectivity index (χ3v) is 6.40. The predicted molar refractivity (Wildman–Crippen MR) is 52.3 cm³/mol.